The van der Waals surface area contributed by atoms with Gasteiger partial charge in [0.05, 0.1) is 11.5 Å². The Bertz CT molecular complexity index is 410. The molecule has 0 heterocycles. The SMILES string of the molecule is O=S(=O)(CCCCCCCCCBr)CCCC(F)(F)C(F)(F)F. The summed E-state index contributed by atoms with van der Waals surface area (Å²) >= 11 is 3.33. The molecular weight excluding hydrogens is 407 g/mol. The highest BCUT2D eigenvalue weighted by Crippen LogP contribution is 2.38. The lowest BCUT2D eigenvalue weighted by Gasteiger charge is -2.19. The lowest BCUT2D eigenvalue weighted by atomic mass is 10.1. The van der Waals surface area contributed by atoms with Crippen LogP contribution in [0.15, 0.2) is 0 Å². The maximum absolute atomic E-state index is 12.7. The molecule has 0 amide bonds. The van der Waals surface area contributed by atoms with E-state index >= 15 is 0 Å². The lowest BCUT2D eigenvalue weighted by molar-refractivity contribution is -0.284. The van der Waals surface area contributed by atoms with Gasteiger partial charge in [0, 0.05) is 11.8 Å². The van der Waals surface area contributed by atoms with E-state index in [4.69, 9.17) is 0 Å². The Morgan fingerprint density at radius 1 is 0.696 bits per heavy atom. The van der Waals surface area contributed by atoms with Gasteiger partial charge in [-0.3, -0.25) is 0 Å². The average molecular weight is 431 g/mol. The van der Waals surface area contributed by atoms with E-state index in [-0.39, 0.29) is 5.75 Å². The van der Waals surface area contributed by atoms with Crippen LogP contribution in [0.2, 0.25) is 0 Å². The molecule has 0 aliphatic heterocycles. The molecule has 9 heteroatoms. The van der Waals surface area contributed by atoms with Gasteiger partial charge >= 0.3 is 12.1 Å². The summed E-state index contributed by atoms with van der Waals surface area (Å²) in [4.78, 5) is 0. The number of alkyl halides is 6. The molecule has 0 unspecified atom stereocenters. The van der Waals surface area contributed by atoms with Crippen LogP contribution in [0.5, 0.6) is 0 Å². The zero-order valence-corrected chi connectivity index (χ0v) is 15.4. The first-order chi connectivity index (χ1) is 10.5. The minimum atomic E-state index is -5.62. The summed E-state index contributed by atoms with van der Waals surface area (Å²) in [5.74, 6) is -5.59. The Balaban J connectivity index is 3.82. The van der Waals surface area contributed by atoms with Crippen molar-refractivity contribution in [1.29, 1.82) is 0 Å². The molecule has 140 valence electrons. The fourth-order valence-corrected chi connectivity index (χ4v) is 3.89. The van der Waals surface area contributed by atoms with Crippen molar-refractivity contribution in [2.75, 3.05) is 16.8 Å². The van der Waals surface area contributed by atoms with E-state index in [0.717, 1.165) is 43.9 Å². The van der Waals surface area contributed by atoms with Gasteiger partial charge < -0.3 is 0 Å². The molecule has 0 aromatic carbocycles. The topological polar surface area (TPSA) is 34.1 Å². The molecule has 0 fully saturated rings. The van der Waals surface area contributed by atoms with Crippen molar-refractivity contribution in [2.24, 2.45) is 0 Å². The molecule has 0 saturated heterocycles. The molecule has 0 aliphatic carbocycles. The monoisotopic (exact) mass is 430 g/mol. The zero-order valence-electron chi connectivity index (χ0n) is 13.0. The fraction of sp³-hybridized carbons (Fsp3) is 1.00. The molecule has 0 aromatic rings. The van der Waals surface area contributed by atoms with E-state index in [9.17, 15) is 30.4 Å². The summed E-state index contributed by atoms with van der Waals surface area (Å²) < 4.78 is 84.4. The van der Waals surface area contributed by atoms with Crippen LogP contribution in [0, 0.1) is 0 Å². The van der Waals surface area contributed by atoms with E-state index in [1.54, 1.807) is 0 Å². The predicted molar refractivity (Wildman–Crippen MR) is 85.0 cm³/mol. The van der Waals surface area contributed by atoms with Crippen molar-refractivity contribution in [3.05, 3.63) is 0 Å². The van der Waals surface area contributed by atoms with Gasteiger partial charge in [-0.15, -0.1) is 0 Å². The second kappa shape index (κ2) is 10.8. The van der Waals surface area contributed by atoms with Crippen molar-refractivity contribution in [2.45, 2.75) is 69.9 Å². The molecule has 0 aliphatic rings. The van der Waals surface area contributed by atoms with Gasteiger partial charge in [-0.05, 0) is 19.3 Å². The molecule has 0 spiro atoms. The highest BCUT2D eigenvalue weighted by molar-refractivity contribution is 9.09. The molecule has 0 N–H and O–H groups in total. The third-order valence-corrected chi connectivity index (χ3v) is 5.83. The number of sulfone groups is 1. The van der Waals surface area contributed by atoms with E-state index in [1.807, 2.05) is 0 Å². The Morgan fingerprint density at radius 3 is 1.61 bits per heavy atom. The smallest absolute Gasteiger partial charge is 0.229 e. The van der Waals surface area contributed by atoms with Gasteiger partial charge in [0.25, 0.3) is 0 Å². The molecule has 0 aromatic heterocycles. The summed E-state index contributed by atoms with van der Waals surface area (Å²) in [7, 11) is -3.56. The van der Waals surface area contributed by atoms with Gasteiger partial charge in [-0.25, -0.2) is 8.42 Å². The second-order valence-corrected chi connectivity index (χ2v) is 8.72. The fourth-order valence-electron chi connectivity index (χ4n) is 2.06. The molecule has 0 atom stereocenters. The molecule has 23 heavy (non-hydrogen) atoms. The van der Waals surface area contributed by atoms with Crippen LogP contribution in [0.3, 0.4) is 0 Å². The molecule has 2 nitrogen and oxygen atoms in total. The first-order valence-corrected chi connectivity index (χ1v) is 10.7. The van der Waals surface area contributed by atoms with Crippen LogP contribution >= 0.6 is 15.9 Å². The maximum atomic E-state index is 12.7. The van der Waals surface area contributed by atoms with E-state index in [2.05, 4.69) is 15.9 Å². The summed E-state index contributed by atoms with van der Waals surface area (Å²) in [6, 6.07) is 0. The van der Waals surface area contributed by atoms with Crippen LogP contribution in [0.4, 0.5) is 22.0 Å². The highest BCUT2D eigenvalue weighted by Gasteiger charge is 2.56. The Hall–Kier alpha value is 0.0800. The molecule has 0 radical (unpaired) electrons. The minimum Gasteiger partial charge on any atom is -0.229 e. The zero-order chi connectivity index (χ0) is 18.0. The van der Waals surface area contributed by atoms with Crippen molar-refractivity contribution in [3.8, 4) is 0 Å². The van der Waals surface area contributed by atoms with Crippen LogP contribution in [-0.4, -0.2) is 37.4 Å². The number of halogens is 6. The Kier molecular flexibility index (Phi) is 10.9. The van der Waals surface area contributed by atoms with Crippen molar-refractivity contribution in [1.82, 2.24) is 0 Å². The molecule has 0 saturated carbocycles. The number of rotatable bonds is 13. The maximum Gasteiger partial charge on any atom is 0.453 e. The van der Waals surface area contributed by atoms with Crippen LogP contribution in [-0.2, 0) is 9.84 Å². The second-order valence-electron chi connectivity index (χ2n) is 5.62. The van der Waals surface area contributed by atoms with Gasteiger partial charge in [0.15, 0.2) is 0 Å². The highest BCUT2D eigenvalue weighted by atomic mass is 79.9. The van der Waals surface area contributed by atoms with Gasteiger partial charge in [-0.2, -0.15) is 22.0 Å². The first-order valence-electron chi connectivity index (χ1n) is 7.73. The van der Waals surface area contributed by atoms with Crippen molar-refractivity contribution < 1.29 is 30.4 Å². The van der Waals surface area contributed by atoms with Crippen LogP contribution in [0.1, 0.15) is 57.8 Å². The molecular formula is C14H24BrF5O2S. The summed E-state index contributed by atoms with van der Waals surface area (Å²) in [5, 5.41) is 0.971. The number of hydrogen-bond donors (Lipinski definition) is 0. The molecule has 0 rings (SSSR count). The van der Waals surface area contributed by atoms with Crippen LogP contribution < -0.4 is 0 Å². The van der Waals surface area contributed by atoms with Crippen molar-refractivity contribution >= 4 is 25.8 Å². The predicted octanol–water partition coefficient (Wildman–Crippen LogP) is 5.50. The average Bonchev–Trinajstić information content (AvgIpc) is 2.40. The van der Waals surface area contributed by atoms with Gasteiger partial charge in [0.2, 0.25) is 0 Å². The number of hydrogen-bond acceptors (Lipinski definition) is 2. The molecule has 0 bridgehead atoms. The van der Waals surface area contributed by atoms with E-state index < -0.39 is 40.5 Å². The normalized spacial score (nSPS) is 13.5. The quantitative estimate of drug-likeness (QED) is 0.219. The first kappa shape index (κ1) is 23.1. The Morgan fingerprint density at radius 2 is 1.13 bits per heavy atom. The Labute approximate surface area is 143 Å². The van der Waals surface area contributed by atoms with Gasteiger partial charge in [0.1, 0.15) is 9.84 Å². The minimum absolute atomic E-state index is 0.147. The van der Waals surface area contributed by atoms with Gasteiger partial charge in [-0.1, -0.05) is 48.0 Å². The largest absolute Gasteiger partial charge is 0.453 e. The lowest BCUT2D eigenvalue weighted by Crippen LogP contribution is -2.36. The third-order valence-electron chi connectivity index (χ3n) is 3.45. The summed E-state index contributed by atoms with van der Waals surface area (Å²) in [6.07, 6.45) is -1.38. The third kappa shape index (κ3) is 11.3. The summed E-state index contributed by atoms with van der Waals surface area (Å²) in [5.41, 5.74) is 0. The number of unbranched alkanes of at least 4 members (excludes halogenated alkanes) is 6. The summed E-state index contributed by atoms with van der Waals surface area (Å²) in [6.45, 7) is 0. The van der Waals surface area contributed by atoms with Crippen LogP contribution in [0.25, 0.3) is 0 Å². The van der Waals surface area contributed by atoms with E-state index in [0.29, 0.717) is 6.42 Å². The standard InChI is InChI=1S/C14H24BrF5O2S/c15-10-6-4-2-1-3-5-7-11-23(21,22)12-8-9-13(16,17)14(18,19)20/h1-12H2. The van der Waals surface area contributed by atoms with Crippen molar-refractivity contribution in [3.63, 3.8) is 0 Å². The van der Waals surface area contributed by atoms with E-state index in [1.165, 1.54) is 0 Å².